The first-order valence-corrected chi connectivity index (χ1v) is 5.78. The van der Waals surface area contributed by atoms with E-state index in [1.807, 2.05) is 18.9 Å². The van der Waals surface area contributed by atoms with E-state index >= 15 is 0 Å². The molecule has 1 aromatic rings. The summed E-state index contributed by atoms with van der Waals surface area (Å²) < 4.78 is 13.5. The second kappa shape index (κ2) is 6.69. The van der Waals surface area contributed by atoms with Crippen molar-refractivity contribution in [2.45, 2.75) is 13.0 Å². The summed E-state index contributed by atoms with van der Waals surface area (Å²) in [7, 11) is 1.86. The number of halogens is 1. The van der Waals surface area contributed by atoms with E-state index in [4.69, 9.17) is 5.11 Å². The van der Waals surface area contributed by atoms with Gasteiger partial charge in [0.15, 0.2) is 0 Å². The molecule has 0 aliphatic carbocycles. The molecule has 2 atom stereocenters. The van der Waals surface area contributed by atoms with Gasteiger partial charge in [0, 0.05) is 18.7 Å². The van der Waals surface area contributed by atoms with Crippen LogP contribution in [-0.4, -0.2) is 41.9 Å². The van der Waals surface area contributed by atoms with Gasteiger partial charge >= 0.3 is 0 Å². The smallest absolute Gasteiger partial charge is 0.129 e. The number of nitrogens with zero attached hydrogens (tertiary/aromatic N) is 1. The number of aliphatic hydroxyl groups excluding tert-OH is 2. The zero-order valence-electron chi connectivity index (χ0n) is 10.3. The summed E-state index contributed by atoms with van der Waals surface area (Å²) in [5.41, 5.74) is 0.331. The quantitative estimate of drug-likeness (QED) is 0.791. The van der Waals surface area contributed by atoms with E-state index in [0.717, 1.165) is 0 Å². The lowest BCUT2D eigenvalue weighted by Crippen LogP contribution is -2.30. The maximum atomic E-state index is 13.5. The summed E-state index contributed by atoms with van der Waals surface area (Å²) in [6.07, 6.45) is -0.822. The van der Waals surface area contributed by atoms with Crippen LogP contribution in [0.1, 0.15) is 18.6 Å². The van der Waals surface area contributed by atoms with E-state index in [9.17, 15) is 9.50 Å². The maximum absolute atomic E-state index is 13.5. The molecule has 0 saturated carbocycles. The van der Waals surface area contributed by atoms with E-state index < -0.39 is 6.10 Å². The number of rotatable bonds is 6. The molecule has 0 radical (unpaired) electrons. The van der Waals surface area contributed by atoms with Crippen LogP contribution in [0.5, 0.6) is 0 Å². The zero-order chi connectivity index (χ0) is 12.8. The van der Waals surface area contributed by atoms with E-state index in [2.05, 4.69) is 0 Å². The highest BCUT2D eigenvalue weighted by Gasteiger charge is 2.20. The van der Waals surface area contributed by atoms with Crippen molar-refractivity contribution in [2.75, 3.05) is 26.7 Å². The van der Waals surface area contributed by atoms with Crippen molar-refractivity contribution in [2.24, 2.45) is 5.92 Å². The first kappa shape index (κ1) is 14.1. The van der Waals surface area contributed by atoms with Crippen molar-refractivity contribution in [3.05, 3.63) is 35.6 Å². The van der Waals surface area contributed by atoms with Gasteiger partial charge in [0.25, 0.3) is 0 Å². The van der Waals surface area contributed by atoms with E-state index in [1.165, 1.54) is 6.07 Å². The minimum absolute atomic E-state index is 0.0824. The lowest BCUT2D eigenvalue weighted by molar-refractivity contribution is 0.0869. The zero-order valence-corrected chi connectivity index (χ0v) is 10.3. The van der Waals surface area contributed by atoms with Crippen LogP contribution >= 0.6 is 0 Å². The van der Waals surface area contributed by atoms with Crippen molar-refractivity contribution in [1.29, 1.82) is 0 Å². The molecule has 0 saturated heterocycles. The minimum atomic E-state index is -0.822. The van der Waals surface area contributed by atoms with Gasteiger partial charge < -0.3 is 15.1 Å². The average Bonchev–Trinajstić information content (AvgIpc) is 2.29. The summed E-state index contributed by atoms with van der Waals surface area (Å²) in [5.74, 6) is -0.472. The van der Waals surface area contributed by atoms with Crippen molar-refractivity contribution in [3.63, 3.8) is 0 Å². The van der Waals surface area contributed by atoms with Crippen molar-refractivity contribution >= 4 is 0 Å². The Balaban J connectivity index is 2.63. The molecule has 0 fully saturated rings. The Morgan fingerprint density at radius 1 is 1.35 bits per heavy atom. The van der Waals surface area contributed by atoms with Gasteiger partial charge in [0.05, 0.1) is 12.7 Å². The van der Waals surface area contributed by atoms with Crippen molar-refractivity contribution in [3.8, 4) is 0 Å². The highest BCUT2D eigenvalue weighted by molar-refractivity contribution is 5.20. The molecule has 3 nitrogen and oxygen atoms in total. The molecule has 0 aliphatic heterocycles. The van der Waals surface area contributed by atoms with Gasteiger partial charge in [0.2, 0.25) is 0 Å². The standard InChI is InChI=1S/C13H20FNO2/c1-10(9-15(2)7-8-16)13(17)11-5-3-4-6-12(11)14/h3-6,10,13,16-17H,7-9H2,1-2H3. The highest BCUT2D eigenvalue weighted by Crippen LogP contribution is 2.24. The van der Waals surface area contributed by atoms with Gasteiger partial charge in [-0.1, -0.05) is 25.1 Å². The third-order valence-electron chi connectivity index (χ3n) is 2.84. The maximum Gasteiger partial charge on any atom is 0.129 e. The fourth-order valence-corrected chi connectivity index (χ4v) is 1.87. The first-order valence-electron chi connectivity index (χ1n) is 5.78. The molecule has 1 aromatic carbocycles. The lowest BCUT2D eigenvalue weighted by Gasteiger charge is -2.24. The van der Waals surface area contributed by atoms with Gasteiger partial charge in [-0.05, 0) is 19.0 Å². The van der Waals surface area contributed by atoms with Crippen LogP contribution in [0.25, 0.3) is 0 Å². The number of aliphatic hydroxyl groups is 2. The van der Waals surface area contributed by atoms with Crippen LogP contribution in [0, 0.1) is 11.7 Å². The Morgan fingerprint density at radius 2 is 2.00 bits per heavy atom. The number of hydrogen-bond acceptors (Lipinski definition) is 3. The fraction of sp³-hybridized carbons (Fsp3) is 0.538. The monoisotopic (exact) mass is 241 g/mol. The molecular weight excluding hydrogens is 221 g/mol. The Labute approximate surface area is 101 Å². The molecular formula is C13H20FNO2. The molecule has 96 valence electrons. The Morgan fingerprint density at radius 3 is 2.59 bits per heavy atom. The molecule has 0 aliphatic rings. The molecule has 1 rings (SSSR count). The fourth-order valence-electron chi connectivity index (χ4n) is 1.87. The number of likely N-dealkylation sites (N-methyl/N-ethyl adjacent to an activating group) is 1. The van der Waals surface area contributed by atoms with E-state index in [-0.39, 0.29) is 18.3 Å². The Hall–Kier alpha value is -0.970. The first-order chi connectivity index (χ1) is 8.06. The normalized spacial score (nSPS) is 14.9. The van der Waals surface area contributed by atoms with Crippen LogP contribution in [-0.2, 0) is 0 Å². The second-order valence-corrected chi connectivity index (χ2v) is 4.43. The summed E-state index contributed by atoms with van der Waals surface area (Å²) >= 11 is 0. The van der Waals surface area contributed by atoms with Gasteiger partial charge in [-0.3, -0.25) is 0 Å². The third kappa shape index (κ3) is 4.07. The summed E-state index contributed by atoms with van der Waals surface area (Å²) in [5, 5.41) is 18.8. The van der Waals surface area contributed by atoms with Crippen LogP contribution in [0.15, 0.2) is 24.3 Å². The van der Waals surface area contributed by atoms with Crippen molar-refractivity contribution < 1.29 is 14.6 Å². The molecule has 0 heterocycles. The lowest BCUT2D eigenvalue weighted by atomic mass is 9.96. The van der Waals surface area contributed by atoms with Gasteiger partial charge in [-0.2, -0.15) is 0 Å². The van der Waals surface area contributed by atoms with Gasteiger partial charge in [-0.15, -0.1) is 0 Å². The summed E-state index contributed by atoms with van der Waals surface area (Å²) in [6.45, 7) is 3.11. The van der Waals surface area contributed by atoms with Gasteiger partial charge in [0.1, 0.15) is 5.82 Å². The van der Waals surface area contributed by atoms with Gasteiger partial charge in [-0.25, -0.2) is 4.39 Å². The third-order valence-corrected chi connectivity index (χ3v) is 2.84. The second-order valence-electron chi connectivity index (χ2n) is 4.43. The predicted octanol–water partition coefficient (Wildman–Crippen LogP) is 1.42. The molecule has 2 unspecified atom stereocenters. The van der Waals surface area contributed by atoms with Crippen molar-refractivity contribution in [1.82, 2.24) is 4.90 Å². The Bertz CT molecular complexity index is 346. The minimum Gasteiger partial charge on any atom is -0.395 e. The van der Waals surface area contributed by atoms with Crippen LogP contribution in [0.2, 0.25) is 0 Å². The molecule has 2 N–H and O–H groups in total. The molecule has 0 bridgehead atoms. The highest BCUT2D eigenvalue weighted by atomic mass is 19.1. The van der Waals surface area contributed by atoms with E-state index in [1.54, 1.807) is 18.2 Å². The number of hydrogen-bond donors (Lipinski definition) is 2. The summed E-state index contributed by atoms with van der Waals surface area (Å²) in [4.78, 5) is 1.91. The predicted molar refractivity (Wildman–Crippen MR) is 65.1 cm³/mol. The Kier molecular flexibility index (Phi) is 5.55. The SMILES string of the molecule is CC(CN(C)CCO)C(O)c1ccccc1F. The molecule has 17 heavy (non-hydrogen) atoms. The number of benzene rings is 1. The summed E-state index contributed by atoms with van der Waals surface area (Å²) in [6, 6.07) is 6.27. The largest absolute Gasteiger partial charge is 0.395 e. The molecule has 0 amide bonds. The topological polar surface area (TPSA) is 43.7 Å². The molecule has 0 spiro atoms. The van der Waals surface area contributed by atoms with Crippen LogP contribution in [0.4, 0.5) is 4.39 Å². The van der Waals surface area contributed by atoms with E-state index in [0.29, 0.717) is 18.7 Å². The average molecular weight is 241 g/mol. The van der Waals surface area contributed by atoms with Crippen LogP contribution in [0.3, 0.4) is 0 Å². The molecule has 0 aromatic heterocycles. The van der Waals surface area contributed by atoms with Crippen LogP contribution < -0.4 is 0 Å². The molecule has 4 heteroatoms.